The van der Waals surface area contributed by atoms with E-state index in [9.17, 15) is 19.8 Å². The molecule has 0 unspecified atom stereocenters. The van der Waals surface area contributed by atoms with Gasteiger partial charge >= 0.3 is 0 Å². The maximum absolute atomic E-state index is 12.8. The minimum absolute atomic E-state index is 0.0525. The summed E-state index contributed by atoms with van der Waals surface area (Å²) < 4.78 is 12.8. The van der Waals surface area contributed by atoms with E-state index in [2.05, 4.69) is 17.9 Å². The van der Waals surface area contributed by atoms with E-state index < -0.39 is 23.1 Å². The number of carbonyl (C=O) groups excluding carboxylic acids is 2. The number of thiol groups is 1. The number of carbonyl (C=O) groups is 2. The van der Waals surface area contributed by atoms with Crippen molar-refractivity contribution in [1.29, 1.82) is 0 Å². The maximum Gasteiger partial charge on any atom is 0.262 e. The Labute approximate surface area is 191 Å². The van der Waals surface area contributed by atoms with Crippen molar-refractivity contribution in [2.24, 2.45) is 10.8 Å². The monoisotopic (exact) mass is 506 g/mol. The molecule has 0 aliphatic carbocycles. The second kappa shape index (κ2) is 11.9. The van der Waals surface area contributed by atoms with Crippen LogP contribution >= 0.6 is 39.7 Å². The molecule has 2 amide bonds. The lowest BCUT2D eigenvalue weighted by atomic mass is 9.87. The quantitative estimate of drug-likeness (QED) is 0.145. The molecule has 1 saturated heterocycles. The first kappa shape index (κ1) is 27.5. The molecule has 0 bridgehead atoms. The number of nitrogens with zero attached hydrogens (tertiary/aromatic N) is 1. The van der Waals surface area contributed by atoms with E-state index in [1.807, 2.05) is 13.8 Å². The van der Waals surface area contributed by atoms with Crippen molar-refractivity contribution in [2.75, 3.05) is 38.7 Å². The lowest BCUT2D eigenvalue weighted by Crippen LogP contribution is -2.46. The topological polar surface area (TPSA) is 108 Å². The minimum Gasteiger partial charge on any atom is -0.396 e. The fraction of sp³-hybridized carbons (Fsp3) is 0.875. The molecule has 29 heavy (non-hydrogen) atoms. The Morgan fingerprint density at radius 3 is 2.48 bits per heavy atom. The van der Waals surface area contributed by atoms with Crippen molar-refractivity contribution in [3.63, 3.8) is 0 Å². The Hall–Kier alpha value is 0.480. The predicted octanol–water partition coefficient (Wildman–Crippen LogP) is 2.22. The van der Waals surface area contributed by atoms with Crippen molar-refractivity contribution in [3.8, 4) is 0 Å². The Morgan fingerprint density at radius 1 is 1.38 bits per heavy atom. The molecule has 1 rings (SSSR count). The number of rotatable bonds is 11. The van der Waals surface area contributed by atoms with E-state index in [1.54, 1.807) is 13.8 Å². The van der Waals surface area contributed by atoms with Crippen LogP contribution in [0, 0.1) is 10.8 Å². The Kier molecular flexibility index (Phi) is 11.3. The molecule has 1 atom stereocenters. The summed E-state index contributed by atoms with van der Waals surface area (Å²) in [6.07, 6.45) is -1.38. The normalized spacial score (nSPS) is 19.4. The number of hydrogen-bond donors (Lipinski definition) is 4. The van der Waals surface area contributed by atoms with Gasteiger partial charge in [-0.3, -0.25) is 13.9 Å². The van der Waals surface area contributed by atoms with Crippen LogP contribution in [-0.2, 0) is 30.4 Å². The Bertz CT molecular complexity index is 608. The highest BCUT2D eigenvalue weighted by Crippen LogP contribution is 2.68. The van der Waals surface area contributed by atoms with Crippen molar-refractivity contribution < 1.29 is 28.8 Å². The molecule has 8 nitrogen and oxygen atoms in total. The molecular formula is C16H31N2O6PS4. The molecule has 0 radical (unpaired) electrons. The molecule has 0 spiro atoms. The van der Waals surface area contributed by atoms with Crippen LogP contribution in [0.5, 0.6) is 0 Å². The van der Waals surface area contributed by atoms with Gasteiger partial charge in [0, 0.05) is 57.5 Å². The molecule has 0 aromatic heterocycles. The van der Waals surface area contributed by atoms with Crippen LogP contribution in [-0.4, -0.2) is 71.1 Å². The molecule has 0 saturated carbocycles. The summed E-state index contributed by atoms with van der Waals surface area (Å²) in [5, 5.41) is 22.6. The van der Waals surface area contributed by atoms with E-state index >= 15 is 0 Å². The van der Waals surface area contributed by atoms with Crippen LogP contribution in [0.25, 0.3) is 0 Å². The standard InChI is InChI=1S/C16H31N2O6PS4/c1-15(2)10-23-25(27,24-11-15)29-28-18(7-5-12(20)17-6-8-26)14(22)13(21)16(3,4)9-19/h13,19,21,26H,5-11H2,1-4H3,(H,17,20)/t13-/m0/s1. The lowest BCUT2D eigenvalue weighted by Gasteiger charge is -2.36. The summed E-state index contributed by atoms with van der Waals surface area (Å²) in [4.78, 5) is 24.8. The number of nitrogens with one attached hydrogen (secondary N) is 1. The molecule has 170 valence electrons. The number of aliphatic hydroxyl groups excluding tert-OH is 2. The van der Waals surface area contributed by atoms with E-state index in [0.29, 0.717) is 25.5 Å². The first-order valence-corrected chi connectivity index (χ1v) is 15.1. The molecule has 1 aliphatic rings. The van der Waals surface area contributed by atoms with Gasteiger partial charge in [-0.15, -0.1) is 0 Å². The second-order valence-corrected chi connectivity index (χ2v) is 16.5. The third-order valence-electron chi connectivity index (χ3n) is 4.04. The van der Waals surface area contributed by atoms with Crippen LogP contribution in [0.15, 0.2) is 0 Å². The molecule has 1 aliphatic heterocycles. The highest BCUT2D eigenvalue weighted by Gasteiger charge is 2.39. The zero-order valence-corrected chi connectivity index (χ0v) is 21.4. The summed E-state index contributed by atoms with van der Waals surface area (Å²) in [6.45, 7) is 8.23. The van der Waals surface area contributed by atoms with E-state index in [1.165, 1.54) is 4.31 Å². The van der Waals surface area contributed by atoms with E-state index in [0.717, 1.165) is 21.4 Å². The molecule has 3 N–H and O–H groups in total. The molecule has 0 aromatic carbocycles. The summed E-state index contributed by atoms with van der Waals surface area (Å²) >= 11 is 9.54. The first-order chi connectivity index (χ1) is 13.4. The Morgan fingerprint density at radius 2 is 1.97 bits per heavy atom. The number of hydrogen-bond acceptors (Lipinski definition) is 10. The number of aliphatic hydroxyl groups is 2. The average Bonchev–Trinajstić information content (AvgIpc) is 2.68. The van der Waals surface area contributed by atoms with Gasteiger partial charge in [0.15, 0.2) is 0 Å². The average molecular weight is 507 g/mol. The summed E-state index contributed by atoms with van der Waals surface area (Å²) in [5.41, 5.74) is -3.81. The van der Waals surface area contributed by atoms with Crippen LogP contribution in [0.4, 0.5) is 0 Å². The zero-order chi connectivity index (χ0) is 22.3. The van der Waals surface area contributed by atoms with Crippen LogP contribution in [0.1, 0.15) is 34.1 Å². The smallest absolute Gasteiger partial charge is 0.262 e. The summed E-state index contributed by atoms with van der Waals surface area (Å²) in [6, 6.07) is 0. The SMILES string of the molecule is CC1(C)COP(=S)(SSN(CCC(=O)NCCS)C(=O)[C@H](O)C(C)(C)CO)OC1. The highest BCUT2D eigenvalue weighted by atomic mass is 33.4. The van der Waals surface area contributed by atoms with Gasteiger partial charge in [-0.05, 0) is 11.8 Å². The highest BCUT2D eigenvalue weighted by molar-refractivity contribution is 9.02. The van der Waals surface area contributed by atoms with Gasteiger partial charge in [0.2, 0.25) is 5.91 Å². The van der Waals surface area contributed by atoms with Gasteiger partial charge in [0.05, 0.1) is 19.8 Å². The Balaban J connectivity index is 2.80. The van der Waals surface area contributed by atoms with Gasteiger partial charge < -0.3 is 24.6 Å². The van der Waals surface area contributed by atoms with Crippen molar-refractivity contribution in [1.82, 2.24) is 9.62 Å². The second-order valence-electron chi connectivity index (χ2n) is 8.12. The fourth-order valence-electron chi connectivity index (χ4n) is 1.94. The molecule has 1 heterocycles. The van der Waals surface area contributed by atoms with Gasteiger partial charge in [0.25, 0.3) is 11.6 Å². The van der Waals surface area contributed by atoms with Gasteiger partial charge in [-0.25, -0.2) is 0 Å². The van der Waals surface area contributed by atoms with Crippen molar-refractivity contribution >= 4 is 63.3 Å². The van der Waals surface area contributed by atoms with Crippen LogP contribution < -0.4 is 5.32 Å². The summed E-state index contributed by atoms with van der Waals surface area (Å²) in [7, 11) is 2.14. The zero-order valence-electron chi connectivity index (χ0n) is 17.1. The predicted molar refractivity (Wildman–Crippen MR) is 125 cm³/mol. The summed E-state index contributed by atoms with van der Waals surface area (Å²) in [5.74, 6) is -0.327. The maximum atomic E-state index is 12.8. The molecular weight excluding hydrogens is 475 g/mol. The third kappa shape index (κ3) is 9.24. The van der Waals surface area contributed by atoms with E-state index in [4.69, 9.17) is 20.9 Å². The fourth-order valence-corrected chi connectivity index (χ4v) is 8.52. The van der Waals surface area contributed by atoms with Crippen LogP contribution in [0.3, 0.4) is 0 Å². The first-order valence-electron chi connectivity index (χ1n) is 9.09. The lowest BCUT2D eigenvalue weighted by molar-refractivity contribution is -0.142. The van der Waals surface area contributed by atoms with Gasteiger partial charge in [-0.1, -0.05) is 27.7 Å². The van der Waals surface area contributed by atoms with Gasteiger partial charge in [0.1, 0.15) is 6.10 Å². The number of amides is 2. The van der Waals surface area contributed by atoms with Crippen molar-refractivity contribution in [3.05, 3.63) is 0 Å². The largest absolute Gasteiger partial charge is 0.396 e. The minimum atomic E-state index is -2.65. The third-order valence-corrected chi connectivity index (χ3v) is 12.4. The van der Waals surface area contributed by atoms with Crippen LogP contribution in [0.2, 0.25) is 0 Å². The van der Waals surface area contributed by atoms with Crippen molar-refractivity contribution in [2.45, 2.75) is 40.2 Å². The molecule has 0 aromatic rings. The molecule has 13 heteroatoms. The van der Waals surface area contributed by atoms with Gasteiger partial charge in [-0.2, -0.15) is 12.6 Å². The van der Waals surface area contributed by atoms with E-state index in [-0.39, 0.29) is 30.9 Å². The molecule has 1 fully saturated rings.